The van der Waals surface area contributed by atoms with Crippen LogP contribution >= 0.6 is 0 Å². The second-order valence-electron chi connectivity index (χ2n) is 11.0. The van der Waals surface area contributed by atoms with Crippen molar-refractivity contribution < 1.29 is 33.4 Å². The summed E-state index contributed by atoms with van der Waals surface area (Å²) in [5, 5.41) is 9.31. The molecule has 33 heavy (non-hydrogen) atoms. The highest BCUT2D eigenvalue weighted by Gasteiger charge is 2.51. The van der Waals surface area contributed by atoms with Crippen molar-refractivity contribution in [3.05, 3.63) is 29.1 Å². The normalized spacial score (nSPS) is 34.5. The van der Waals surface area contributed by atoms with Crippen LogP contribution in [0.5, 0.6) is 5.75 Å². The maximum Gasteiger partial charge on any atom is 0.417 e. The topological polar surface area (TPSA) is 93.1 Å². The van der Waals surface area contributed by atoms with E-state index in [-0.39, 0.29) is 16.9 Å². The lowest BCUT2D eigenvalue weighted by atomic mass is 9.50. The zero-order valence-electron chi connectivity index (χ0n) is 18.4. The van der Waals surface area contributed by atoms with Gasteiger partial charge < -0.3 is 14.6 Å². The highest BCUT2D eigenvalue weighted by molar-refractivity contribution is 6.06. The van der Waals surface area contributed by atoms with Gasteiger partial charge in [0, 0.05) is 11.5 Å². The molecule has 0 radical (unpaired) electrons. The molecule has 0 spiro atoms. The third-order valence-corrected chi connectivity index (χ3v) is 8.42. The first-order valence-corrected chi connectivity index (χ1v) is 12.0. The number of amides is 2. The number of carboxylic acid groups (broad SMARTS) is 1. The fourth-order valence-corrected chi connectivity index (χ4v) is 7.23. The van der Waals surface area contributed by atoms with Gasteiger partial charge in [0.2, 0.25) is 0 Å². The Kier molecular flexibility index (Phi) is 4.72. The molecular formula is C25H28FNO6. The van der Waals surface area contributed by atoms with Gasteiger partial charge in [-0.05, 0) is 86.7 Å². The minimum atomic E-state index is -1.46. The number of cyclic esters (lactones) is 1. The number of carbonyl (C=O) groups excluding carboxylic acids is 2. The maximum atomic E-state index is 15.1. The molecule has 8 heteroatoms. The van der Waals surface area contributed by atoms with Gasteiger partial charge in [0.15, 0.2) is 6.04 Å². The second-order valence-corrected chi connectivity index (χ2v) is 11.0. The molecule has 7 nitrogen and oxygen atoms in total. The number of carbonyl (C=O) groups is 3. The SMILES string of the molecule is O=C(O)C1COC(=O)N1C(=O)c1cc(C2CC2)c(OCC23CC4CC(CC(C4)C2)C3)cc1F. The minimum Gasteiger partial charge on any atom is -0.493 e. The zero-order chi connectivity index (χ0) is 22.9. The van der Waals surface area contributed by atoms with E-state index >= 15 is 4.39 Å². The van der Waals surface area contributed by atoms with E-state index in [1.54, 1.807) is 0 Å². The standard InChI is InChI=1S/C25H28FNO6/c26-19-7-21(33-12-25-8-13-3-14(9-25)5-15(4-13)10-25)17(16-1-2-16)6-18(19)22(28)27-20(23(29)30)11-32-24(27)31/h6-7,13-16,20H,1-5,8-12H2,(H,29,30). The Morgan fingerprint density at radius 2 is 1.76 bits per heavy atom. The van der Waals surface area contributed by atoms with Crippen molar-refractivity contribution in [3.8, 4) is 5.75 Å². The molecule has 1 heterocycles. The predicted octanol–water partition coefficient (Wildman–Crippen LogP) is 4.34. The first-order chi connectivity index (χ1) is 15.8. The summed E-state index contributed by atoms with van der Waals surface area (Å²) in [7, 11) is 0. The Morgan fingerprint density at radius 3 is 2.33 bits per heavy atom. The fraction of sp³-hybridized carbons (Fsp3) is 0.640. The van der Waals surface area contributed by atoms with Gasteiger partial charge >= 0.3 is 12.1 Å². The van der Waals surface area contributed by atoms with Crippen molar-refractivity contribution in [2.24, 2.45) is 23.2 Å². The molecule has 1 aromatic carbocycles. The molecular weight excluding hydrogens is 429 g/mol. The molecule has 1 aromatic rings. The van der Waals surface area contributed by atoms with Gasteiger partial charge in [-0.3, -0.25) is 4.79 Å². The molecule has 5 aliphatic carbocycles. The smallest absolute Gasteiger partial charge is 0.417 e. The van der Waals surface area contributed by atoms with Crippen LogP contribution in [0.25, 0.3) is 0 Å². The van der Waals surface area contributed by atoms with Crippen LogP contribution in [0.1, 0.15) is 73.2 Å². The van der Waals surface area contributed by atoms with Gasteiger partial charge in [0.05, 0.1) is 12.2 Å². The number of hydrogen-bond acceptors (Lipinski definition) is 5. The van der Waals surface area contributed by atoms with Crippen molar-refractivity contribution in [1.82, 2.24) is 4.90 Å². The molecule has 0 aromatic heterocycles. The van der Waals surface area contributed by atoms with E-state index in [9.17, 15) is 19.5 Å². The summed E-state index contributed by atoms with van der Waals surface area (Å²) >= 11 is 0. The summed E-state index contributed by atoms with van der Waals surface area (Å²) < 4.78 is 26.2. The number of halogens is 1. The number of rotatable bonds is 6. The molecule has 1 unspecified atom stereocenters. The average Bonchev–Trinajstić information content (AvgIpc) is 3.52. The van der Waals surface area contributed by atoms with Crippen LogP contribution < -0.4 is 4.74 Å². The lowest BCUT2D eigenvalue weighted by Gasteiger charge is -2.56. The molecule has 176 valence electrons. The molecule has 7 rings (SSSR count). The van der Waals surface area contributed by atoms with E-state index < -0.39 is 36.4 Å². The first-order valence-electron chi connectivity index (χ1n) is 12.0. The van der Waals surface area contributed by atoms with Gasteiger partial charge in [-0.1, -0.05) is 0 Å². The molecule has 6 aliphatic rings. The van der Waals surface area contributed by atoms with E-state index in [1.807, 2.05) is 0 Å². The largest absolute Gasteiger partial charge is 0.493 e. The van der Waals surface area contributed by atoms with Gasteiger partial charge in [0.1, 0.15) is 18.2 Å². The molecule has 1 saturated heterocycles. The monoisotopic (exact) mass is 457 g/mol. The van der Waals surface area contributed by atoms with Gasteiger partial charge in [-0.2, -0.15) is 0 Å². The molecule has 1 aliphatic heterocycles. The van der Waals surface area contributed by atoms with Crippen molar-refractivity contribution >= 4 is 18.0 Å². The van der Waals surface area contributed by atoms with Crippen molar-refractivity contribution in [2.45, 2.75) is 63.3 Å². The summed E-state index contributed by atoms with van der Waals surface area (Å²) in [5.74, 6) is -0.130. The van der Waals surface area contributed by atoms with Crippen LogP contribution in [0.4, 0.5) is 9.18 Å². The number of nitrogens with zero attached hydrogens (tertiary/aromatic N) is 1. The summed E-state index contributed by atoms with van der Waals surface area (Å²) in [6.45, 7) is 0.131. The van der Waals surface area contributed by atoms with E-state index in [4.69, 9.17) is 9.47 Å². The molecule has 5 saturated carbocycles. The zero-order valence-corrected chi connectivity index (χ0v) is 18.4. The first kappa shape index (κ1) is 20.9. The lowest BCUT2D eigenvalue weighted by molar-refractivity contribution is -0.140. The van der Waals surface area contributed by atoms with E-state index in [2.05, 4.69) is 0 Å². The minimum absolute atomic E-state index is 0.175. The second kappa shape index (κ2) is 7.43. The van der Waals surface area contributed by atoms with Crippen molar-refractivity contribution in [2.75, 3.05) is 13.2 Å². The summed E-state index contributed by atoms with van der Waals surface area (Å²) in [4.78, 5) is 36.9. The van der Waals surface area contributed by atoms with Crippen LogP contribution in [0.15, 0.2) is 12.1 Å². The van der Waals surface area contributed by atoms with E-state index in [0.29, 0.717) is 17.3 Å². The number of aliphatic carboxylic acids is 1. The third kappa shape index (κ3) is 3.58. The molecule has 1 N–H and O–H groups in total. The van der Waals surface area contributed by atoms with Crippen LogP contribution in [0, 0.1) is 29.0 Å². The summed E-state index contributed by atoms with van der Waals surface area (Å²) in [6, 6.07) is 1.24. The molecule has 4 bridgehead atoms. The lowest BCUT2D eigenvalue weighted by Crippen LogP contribution is -2.48. The Morgan fingerprint density at radius 1 is 1.12 bits per heavy atom. The highest BCUT2D eigenvalue weighted by atomic mass is 19.1. The molecule has 1 atom stereocenters. The van der Waals surface area contributed by atoms with E-state index in [0.717, 1.165) is 36.2 Å². The van der Waals surface area contributed by atoms with Crippen molar-refractivity contribution in [3.63, 3.8) is 0 Å². The highest BCUT2D eigenvalue weighted by Crippen LogP contribution is 2.60. The van der Waals surface area contributed by atoms with Crippen LogP contribution in [0.3, 0.4) is 0 Å². The van der Waals surface area contributed by atoms with Crippen LogP contribution in [-0.4, -0.2) is 47.2 Å². The van der Waals surface area contributed by atoms with Crippen molar-refractivity contribution in [1.29, 1.82) is 0 Å². The molecule has 2 amide bonds. The molecule has 6 fully saturated rings. The summed E-state index contributed by atoms with van der Waals surface area (Å²) in [5.41, 5.74) is 0.627. The van der Waals surface area contributed by atoms with E-state index in [1.165, 1.54) is 50.7 Å². The quantitative estimate of drug-likeness (QED) is 0.683. The predicted molar refractivity (Wildman–Crippen MR) is 113 cm³/mol. The maximum absolute atomic E-state index is 15.1. The average molecular weight is 457 g/mol. The Hall–Kier alpha value is -2.64. The van der Waals surface area contributed by atoms with Gasteiger partial charge in [0.25, 0.3) is 5.91 Å². The van der Waals surface area contributed by atoms with Crippen LogP contribution in [0.2, 0.25) is 0 Å². The number of hydrogen-bond donors (Lipinski definition) is 1. The van der Waals surface area contributed by atoms with Gasteiger partial charge in [-0.15, -0.1) is 0 Å². The number of benzene rings is 1. The Balaban J connectivity index is 1.26. The Labute approximate surface area is 191 Å². The Bertz CT molecular complexity index is 999. The van der Waals surface area contributed by atoms with Gasteiger partial charge in [-0.25, -0.2) is 18.9 Å². The van der Waals surface area contributed by atoms with Crippen LogP contribution in [-0.2, 0) is 9.53 Å². The third-order valence-electron chi connectivity index (χ3n) is 8.42. The number of ether oxygens (including phenoxy) is 2. The summed E-state index contributed by atoms with van der Waals surface area (Å²) in [6.07, 6.45) is 8.37. The number of carboxylic acids is 1. The number of imide groups is 1. The fourth-order valence-electron chi connectivity index (χ4n) is 7.23.